The summed E-state index contributed by atoms with van der Waals surface area (Å²) in [6, 6.07) is 9.02. The summed E-state index contributed by atoms with van der Waals surface area (Å²) in [4.78, 5) is 7.59. The van der Waals surface area contributed by atoms with Crippen molar-refractivity contribution < 1.29 is 17.6 Å². The van der Waals surface area contributed by atoms with E-state index >= 15 is 0 Å². The molecule has 0 saturated heterocycles. The van der Waals surface area contributed by atoms with E-state index in [0.717, 1.165) is 12.1 Å². The molecule has 0 fully saturated rings. The third kappa shape index (κ3) is 3.05. The van der Waals surface area contributed by atoms with Crippen LogP contribution in [-0.2, 0) is 6.18 Å². The van der Waals surface area contributed by atoms with Crippen LogP contribution in [0.5, 0.6) is 0 Å². The maximum atomic E-state index is 14.8. The van der Waals surface area contributed by atoms with Crippen LogP contribution in [0.25, 0.3) is 22.3 Å². The summed E-state index contributed by atoms with van der Waals surface area (Å²) < 4.78 is 53.3. The van der Waals surface area contributed by atoms with Crippen molar-refractivity contribution in [1.82, 2.24) is 9.97 Å². The SMILES string of the molecule is Nc1ncc(-c2cccc(-c3cccc(C(F)(F)F)c3)c2F)cn1. The molecule has 0 aliphatic carbocycles. The number of nitrogens with two attached hydrogens (primary N) is 1. The maximum absolute atomic E-state index is 14.8. The molecule has 2 N–H and O–H groups in total. The minimum absolute atomic E-state index is 0.0493. The zero-order valence-electron chi connectivity index (χ0n) is 12.2. The van der Waals surface area contributed by atoms with Crippen LogP contribution >= 0.6 is 0 Å². The Bertz CT molecular complexity index is 874. The van der Waals surface area contributed by atoms with Gasteiger partial charge in [-0.25, -0.2) is 14.4 Å². The van der Waals surface area contributed by atoms with E-state index in [2.05, 4.69) is 9.97 Å². The Balaban J connectivity index is 2.10. The summed E-state index contributed by atoms with van der Waals surface area (Å²) in [5, 5.41) is 0. The van der Waals surface area contributed by atoms with Gasteiger partial charge in [0.15, 0.2) is 0 Å². The summed E-state index contributed by atoms with van der Waals surface area (Å²) in [6.45, 7) is 0. The van der Waals surface area contributed by atoms with Gasteiger partial charge in [0.05, 0.1) is 5.56 Å². The second kappa shape index (κ2) is 5.92. The summed E-state index contributed by atoms with van der Waals surface area (Å²) in [5.41, 5.74) is 5.34. The Hall–Kier alpha value is -2.96. The topological polar surface area (TPSA) is 51.8 Å². The van der Waals surface area contributed by atoms with Crippen LogP contribution in [0.1, 0.15) is 5.56 Å². The number of aromatic nitrogens is 2. The second-order valence-electron chi connectivity index (χ2n) is 5.08. The van der Waals surface area contributed by atoms with Gasteiger partial charge in [0.25, 0.3) is 0 Å². The fourth-order valence-electron chi connectivity index (χ4n) is 2.32. The van der Waals surface area contributed by atoms with Crippen molar-refractivity contribution in [3.05, 3.63) is 66.2 Å². The van der Waals surface area contributed by atoms with Crippen molar-refractivity contribution >= 4 is 5.95 Å². The monoisotopic (exact) mass is 333 g/mol. The van der Waals surface area contributed by atoms with Crippen LogP contribution < -0.4 is 5.73 Å². The molecule has 0 unspecified atom stereocenters. The number of alkyl halides is 3. The van der Waals surface area contributed by atoms with E-state index in [4.69, 9.17) is 5.73 Å². The lowest BCUT2D eigenvalue weighted by molar-refractivity contribution is -0.137. The predicted molar refractivity (Wildman–Crippen MR) is 82.3 cm³/mol. The summed E-state index contributed by atoms with van der Waals surface area (Å²) in [6.07, 6.45) is -1.78. The quantitative estimate of drug-likeness (QED) is 0.700. The average Bonchev–Trinajstić information content (AvgIpc) is 2.55. The third-order valence-electron chi connectivity index (χ3n) is 3.48. The molecular formula is C17H11F4N3. The van der Waals surface area contributed by atoms with E-state index < -0.39 is 17.6 Å². The van der Waals surface area contributed by atoms with Crippen molar-refractivity contribution in [3.63, 3.8) is 0 Å². The van der Waals surface area contributed by atoms with E-state index in [1.54, 1.807) is 6.07 Å². The highest BCUT2D eigenvalue weighted by Gasteiger charge is 2.30. The van der Waals surface area contributed by atoms with Crippen LogP contribution in [-0.4, -0.2) is 9.97 Å². The van der Waals surface area contributed by atoms with Crippen molar-refractivity contribution in [2.24, 2.45) is 0 Å². The molecule has 122 valence electrons. The molecule has 0 saturated carbocycles. The number of benzene rings is 2. The summed E-state index contributed by atoms with van der Waals surface area (Å²) >= 11 is 0. The zero-order valence-corrected chi connectivity index (χ0v) is 12.2. The highest BCUT2D eigenvalue weighted by atomic mass is 19.4. The van der Waals surface area contributed by atoms with Crippen molar-refractivity contribution in [2.45, 2.75) is 6.18 Å². The first kappa shape index (κ1) is 15.9. The smallest absolute Gasteiger partial charge is 0.368 e. The lowest BCUT2D eigenvalue weighted by Crippen LogP contribution is -2.04. The van der Waals surface area contributed by atoms with E-state index in [1.807, 2.05) is 0 Å². The molecule has 0 atom stereocenters. The number of anilines is 1. The highest BCUT2D eigenvalue weighted by Crippen LogP contribution is 2.35. The molecule has 3 aromatic rings. The van der Waals surface area contributed by atoms with Gasteiger partial charge in [-0.15, -0.1) is 0 Å². The Morgan fingerprint density at radius 1 is 0.833 bits per heavy atom. The molecule has 0 bridgehead atoms. The van der Waals surface area contributed by atoms with Crippen LogP contribution in [0.4, 0.5) is 23.5 Å². The number of rotatable bonds is 2. The van der Waals surface area contributed by atoms with Gasteiger partial charge >= 0.3 is 6.18 Å². The number of nitrogens with zero attached hydrogens (tertiary/aromatic N) is 2. The Morgan fingerprint density at radius 3 is 2.04 bits per heavy atom. The van der Waals surface area contributed by atoms with Crippen molar-refractivity contribution in [3.8, 4) is 22.3 Å². The van der Waals surface area contributed by atoms with E-state index in [1.165, 1.54) is 36.7 Å². The average molecular weight is 333 g/mol. The predicted octanol–water partition coefficient (Wildman–Crippen LogP) is 4.55. The molecule has 3 rings (SSSR count). The van der Waals surface area contributed by atoms with Gasteiger partial charge in [-0.2, -0.15) is 13.2 Å². The molecule has 0 spiro atoms. The Kier molecular flexibility index (Phi) is 3.92. The lowest BCUT2D eigenvalue weighted by atomic mass is 9.98. The van der Waals surface area contributed by atoms with Gasteiger partial charge in [-0.1, -0.05) is 30.3 Å². The van der Waals surface area contributed by atoms with Gasteiger partial charge < -0.3 is 5.73 Å². The number of halogens is 4. The van der Waals surface area contributed by atoms with Crippen LogP contribution in [0.15, 0.2) is 54.9 Å². The van der Waals surface area contributed by atoms with E-state index in [0.29, 0.717) is 5.56 Å². The third-order valence-corrected chi connectivity index (χ3v) is 3.48. The first-order valence-electron chi connectivity index (χ1n) is 6.90. The molecule has 0 amide bonds. The lowest BCUT2D eigenvalue weighted by Gasteiger charge is -2.11. The van der Waals surface area contributed by atoms with E-state index in [9.17, 15) is 17.6 Å². The van der Waals surface area contributed by atoms with Crippen LogP contribution in [0, 0.1) is 5.82 Å². The Morgan fingerprint density at radius 2 is 1.42 bits per heavy atom. The molecule has 0 aliphatic rings. The highest BCUT2D eigenvalue weighted by molar-refractivity contribution is 5.74. The molecule has 1 heterocycles. The summed E-state index contributed by atoms with van der Waals surface area (Å²) in [5.74, 6) is -0.599. The van der Waals surface area contributed by atoms with Crippen LogP contribution in [0.2, 0.25) is 0 Å². The van der Waals surface area contributed by atoms with Gasteiger partial charge in [0.1, 0.15) is 5.82 Å². The maximum Gasteiger partial charge on any atom is 0.416 e. The zero-order chi connectivity index (χ0) is 17.3. The second-order valence-corrected chi connectivity index (χ2v) is 5.08. The molecule has 7 heteroatoms. The first-order valence-corrected chi connectivity index (χ1v) is 6.90. The van der Waals surface area contributed by atoms with Crippen molar-refractivity contribution in [2.75, 3.05) is 5.73 Å². The minimum Gasteiger partial charge on any atom is -0.368 e. The van der Waals surface area contributed by atoms with Gasteiger partial charge in [-0.05, 0) is 17.7 Å². The van der Waals surface area contributed by atoms with Crippen molar-refractivity contribution in [1.29, 1.82) is 0 Å². The fourth-order valence-corrected chi connectivity index (χ4v) is 2.32. The molecular weight excluding hydrogens is 322 g/mol. The van der Waals surface area contributed by atoms with E-state index in [-0.39, 0.29) is 22.6 Å². The molecule has 0 radical (unpaired) electrons. The van der Waals surface area contributed by atoms with Gasteiger partial charge in [0, 0.05) is 29.1 Å². The summed E-state index contributed by atoms with van der Waals surface area (Å²) in [7, 11) is 0. The number of hydrogen-bond acceptors (Lipinski definition) is 3. The molecule has 24 heavy (non-hydrogen) atoms. The molecule has 2 aromatic carbocycles. The number of nitrogen functional groups attached to an aromatic ring is 1. The number of hydrogen-bond donors (Lipinski definition) is 1. The van der Waals surface area contributed by atoms with Gasteiger partial charge in [0.2, 0.25) is 5.95 Å². The van der Waals surface area contributed by atoms with Crippen LogP contribution in [0.3, 0.4) is 0 Å². The first-order chi connectivity index (χ1) is 11.4. The molecule has 0 aliphatic heterocycles. The Labute approximate surface area is 134 Å². The standard InChI is InChI=1S/C17H11F4N3/c18-15-13(10-3-1-4-12(7-10)17(19,20)21)5-2-6-14(15)11-8-23-16(22)24-9-11/h1-9H,(H2,22,23,24). The molecule has 1 aromatic heterocycles. The van der Waals surface area contributed by atoms with Gasteiger partial charge in [-0.3, -0.25) is 0 Å². The minimum atomic E-state index is -4.49. The fraction of sp³-hybridized carbons (Fsp3) is 0.0588. The largest absolute Gasteiger partial charge is 0.416 e. The molecule has 3 nitrogen and oxygen atoms in total. The normalized spacial score (nSPS) is 11.5.